The highest BCUT2D eigenvalue weighted by molar-refractivity contribution is 6.05. The molecule has 0 aromatic heterocycles. The Morgan fingerprint density at radius 3 is 2.47 bits per heavy atom. The summed E-state index contributed by atoms with van der Waals surface area (Å²) in [5.41, 5.74) is 2.11. The Hall–Kier alpha value is -2.67. The van der Waals surface area contributed by atoms with Crippen LogP contribution in [0.1, 0.15) is 21.5 Å². The molecule has 0 aliphatic rings. The Bertz CT molecular complexity index is 657. The van der Waals surface area contributed by atoms with Gasteiger partial charge in [-0.05, 0) is 55.0 Å². The first-order chi connectivity index (χ1) is 9.10. The van der Waals surface area contributed by atoms with Gasteiger partial charge in [-0.2, -0.15) is 5.26 Å². The van der Waals surface area contributed by atoms with Crippen molar-refractivity contribution >= 4 is 11.6 Å². The molecule has 19 heavy (non-hydrogen) atoms. The van der Waals surface area contributed by atoms with Crippen LogP contribution in [0.15, 0.2) is 42.5 Å². The molecule has 0 aliphatic carbocycles. The fourth-order valence-electron chi connectivity index (χ4n) is 1.71. The Labute approximate surface area is 110 Å². The molecular formula is C15H11FN2O. The zero-order valence-electron chi connectivity index (χ0n) is 10.3. The standard InChI is InChI=1S/C15H11FN2O/c1-10-8-12(16)4-7-14(10)15(19)18-13-5-2-11(9-17)3-6-13/h2-8H,1H3,(H,18,19). The molecule has 2 aromatic carbocycles. The van der Waals surface area contributed by atoms with E-state index in [1.807, 2.05) is 6.07 Å². The number of nitriles is 1. The van der Waals surface area contributed by atoms with Gasteiger partial charge in [-0.1, -0.05) is 0 Å². The van der Waals surface area contributed by atoms with E-state index in [1.165, 1.54) is 18.2 Å². The fourth-order valence-corrected chi connectivity index (χ4v) is 1.71. The molecule has 0 fully saturated rings. The average Bonchev–Trinajstić information content (AvgIpc) is 2.39. The van der Waals surface area contributed by atoms with Crippen LogP contribution in [0.4, 0.5) is 10.1 Å². The number of anilines is 1. The molecule has 0 radical (unpaired) electrons. The quantitative estimate of drug-likeness (QED) is 0.894. The molecule has 0 unspecified atom stereocenters. The number of aryl methyl sites for hydroxylation is 1. The van der Waals surface area contributed by atoms with Crippen LogP contribution in [-0.4, -0.2) is 5.91 Å². The maximum Gasteiger partial charge on any atom is 0.255 e. The molecule has 0 saturated carbocycles. The van der Waals surface area contributed by atoms with Crippen LogP contribution >= 0.6 is 0 Å². The van der Waals surface area contributed by atoms with E-state index in [-0.39, 0.29) is 11.7 Å². The lowest BCUT2D eigenvalue weighted by Gasteiger charge is -2.07. The smallest absolute Gasteiger partial charge is 0.255 e. The van der Waals surface area contributed by atoms with Gasteiger partial charge in [-0.3, -0.25) is 4.79 Å². The Balaban J connectivity index is 2.18. The Morgan fingerprint density at radius 2 is 1.89 bits per heavy atom. The number of carbonyl (C=O) groups excluding carboxylic acids is 1. The number of hydrogen-bond acceptors (Lipinski definition) is 2. The number of carbonyl (C=O) groups is 1. The third-order valence-electron chi connectivity index (χ3n) is 2.70. The third kappa shape index (κ3) is 2.96. The number of nitrogens with zero attached hydrogens (tertiary/aromatic N) is 1. The molecule has 0 atom stereocenters. The molecule has 1 amide bonds. The summed E-state index contributed by atoms with van der Waals surface area (Å²) in [6, 6.07) is 12.5. The molecule has 94 valence electrons. The minimum Gasteiger partial charge on any atom is -0.322 e. The van der Waals surface area contributed by atoms with Crippen LogP contribution in [0.25, 0.3) is 0 Å². The second kappa shape index (κ2) is 5.32. The first-order valence-electron chi connectivity index (χ1n) is 5.68. The Morgan fingerprint density at radius 1 is 1.21 bits per heavy atom. The first-order valence-corrected chi connectivity index (χ1v) is 5.68. The molecule has 0 bridgehead atoms. The van der Waals surface area contributed by atoms with Crippen molar-refractivity contribution in [2.24, 2.45) is 0 Å². The van der Waals surface area contributed by atoms with Gasteiger partial charge >= 0.3 is 0 Å². The lowest BCUT2D eigenvalue weighted by atomic mass is 10.1. The van der Waals surface area contributed by atoms with Gasteiger partial charge in [-0.25, -0.2) is 4.39 Å². The zero-order chi connectivity index (χ0) is 13.8. The largest absolute Gasteiger partial charge is 0.322 e. The minimum atomic E-state index is -0.368. The maximum atomic E-state index is 13.0. The van der Waals surface area contributed by atoms with E-state index in [0.717, 1.165) is 0 Å². The van der Waals surface area contributed by atoms with Crippen molar-refractivity contribution in [2.45, 2.75) is 6.92 Å². The zero-order valence-corrected chi connectivity index (χ0v) is 10.3. The van der Waals surface area contributed by atoms with E-state index in [9.17, 15) is 9.18 Å². The van der Waals surface area contributed by atoms with Crippen molar-refractivity contribution in [1.29, 1.82) is 5.26 Å². The molecule has 0 aliphatic heterocycles. The van der Waals surface area contributed by atoms with Crippen molar-refractivity contribution in [3.63, 3.8) is 0 Å². The molecule has 4 heteroatoms. The van der Waals surface area contributed by atoms with E-state index >= 15 is 0 Å². The number of benzene rings is 2. The van der Waals surface area contributed by atoms with E-state index in [0.29, 0.717) is 22.4 Å². The van der Waals surface area contributed by atoms with Crippen LogP contribution in [0.3, 0.4) is 0 Å². The summed E-state index contributed by atoms with van der Waals surface area (Å²) in [6.45, 7) is 1.68. The van der Waals surface area contributed by atoms with Gasteiger partial charge in [0.2, 0.25) is 0 Å². The lowest BCUT2D eigenvalue weighted by Crippen LogP contribution is -2.13. The lowest BCUT2D eigenvalue weighted by molar-refractivity contribution is 0.102. The summed E-state index contributed by atoms with van der Waals surface area (Å²) in [7, 11) is 0. The summed E-state index contributed by atoms with van der Waals surface area (Å²) < 4.78 is 13.0. The molecule has 2 rings (SSSR count). The topological polar surface area (TPSA) is 52.9 Å². The molecule has 0 spiro atoms. The van der Waals surface area contributed by atoms with Crippen LogP contribution in [0, 0.1) is 24.1 Å². The Kier molecular flexibility index (Phi) is 3.58. The van der Waals surface area contributed by atoms with E-state index in [4.69, 9.17) is 5.26 Å². The number of amides is 1. The van der Waals surface area contributed by atoms with E-state index in [1.54, 1.807) is 31.2 Å². The summed E-state index contributed by atoms with van der Waals surface area (Å²) in [6.07, 6.45) is 0. The van der Waals surface area contributed by atoms with Gasteiger partial charge in [0.1, 0.15) is 5.82 Å². The van der Waals surface area contributed by atoms with Crippen molar-refractivity contribution in [3.8, 4) is 6.07 Å². The average molecular weight is 254 g/mol. The highest BCUT2D eigenvalue weighted by Gasteiger charge is 2.09. The van der Waals surface area contributed by atoms with Crippen molar-refractivity contribution in [1.82, 2.24) is 0 Å². The van der Waals surface area contributed by atoms with Crippen LogP contribution in [0.5, 0.6) is 0 Å². The summed E-state index contributed by atoms with van der Waals surface area (Å²) in [4.78, 5) is 12.0. The predicted octanol–water partition coefficient (Wildman–Crippen LogP) is 3.26. The van der Waals surface area contributed by atoms with Crippen LogP contribution < -0.4 is 5.32 Å². The molecular weight excluding hydrogens is 243 g/mol. The normalized spacial score (nSPS) is 9.74. The van der Waals surface area contributed by atoms with Gasteiger partial charge in [-0.15, -0.1) is 0 Å². The molecule has 0 heterocycles. The van der Waals surface area contributed by atoms with Crippen molar-refractivity contribution in [3.05, 3.63) is 65.0 Å². The maximum absolute atomic E-state index is 13.0. The van der Waals surface area contributed by atoms with Gasteiger partial charge in [0.15, 0.2) is 0 Å². The highest BCUT2D eigenvalue weighted by atomic mass is 19.1. The molecule has 2 aromatic rings. The second-order valence-electron chi connectivity index (χ2n) is 4.10. The van der Waals surface area contributed by atoms with Gasteiger partial charge < -0.3 is 5.32 Å². The highest BCUT2D eigenvalue weighted by Crippen LogP contribution is 2.14. The third-order valence-corrected chi connectivity index (χ3v) is 2.70. The number of nitrogens with one attached hydrogen (secondary N) is 1. The minimum absolute atomic E-state index is 0.304. The molecule has 3 nitrogen and oxygen atoms in total. The predicted molar refractivity (Wildman–Crippen MR) is 70.2 cm³/mol. The van der Waals surface area contributed by atoms with E-state index < -0.39 is 0 Å². The second-order valence-corrected chi connectivity index (χ2v) is 4.10. The van der Waals surface area contributed by atoms with Crippen molar-refractivity contribution in [2.75, 3.05) is 5.32 Å². The van der Waals surface area contributed by atoms with Gasteiger partial charge in [0.25, 0.3) is 5.91 Å². The molecule has 0 saturated heterocycles. The van der Waals surface area contributed by atoms with Gasteiger partial charge in [0.05, 0.1) is 11.6 Å². The monoisotopic (exact) mass is 254 g/mol. The number of rotatable bonds is 2. The first kappa shape index (κ1) is 12.8. The van der Waals surface area contributed by atoms with E-state index in [2.05, 4.69) is 5.32 Å². The van der Waals surface area contributed by atoms with Gasteiger partial charge in [0, 0.05) is 11.3 Å². The van der Waals surface area contributed by atoms with Crippen LogP contribution in [-0.2, 0) is 0 Å². The number of hydrogen-bond donors (Lipinski definition) is 1. The SMILES string of the molecule is Cc1cc(F)ccc1C(=O)Nc1ccc(C#N)cc1. The molecule has 1 N–H and O–H groups in total. The van der Waals surface area contributed by atoms with Crippen LogP contribution in [0.2, 0.25) is 0 Å². The summed E-state index contributed by atoms with van der Waals surface area (Å²) in [5.74, 6) is -0.672. The summed E-state index contributed by atoms with van der Waals surface area (Å²) >= 11 is 0. The fraction of sp³-hybridized carbons (Fsp3) is 0.0667. The summed E-state index contributed by atoms with van der Waals surface area (Å²) in [5, 5.41) is 11.4. The van der Waals surface area contributed by atoms with Crippen molar-refractivity contribution < 1.29 is 9.18 Å². The number of halogens is 1.